The number of benzene rings is 1. The smallest absolute Gasteiger partial charge is 0.0555 e. The molecule has 3 heteroatoms. The number of hydrogen-bond donors (Lipinski definition) is 2. The maximum atomic E-state index is 9.69. The largest absolute Gasteiger partial charge is 0.393 e. The van der Waals surface area contributed by atoms with Crippen LogP contribution in [0.1, 0.15) is 30.6 Å². The molecule has 0 bridgehead atoms. The fourth-order valence-corrected chi connectivity index (χ4v) is 3.79. The van der Waals surface area contributed by atoms with Crippen molar-refractivity contribution < 1.29 is 5.11 Å². The molecule has 1 fully saturated rings. The first-order chi connectivity index (χ1) is 9.81. The lowest BCUT2D eigenvalue weighted by Gasteiger charge is -2.26. The van der Waals surface area contributed by atoms with E-state index in [0.717, 1.165) is 25.8 Å². The number of nitrogens with one attached hydrogen (secondary N) is 1. The van der Waals surface area contributed by atoms with Crippen LogP contribution in [0.4, 0.5) is 0 Å². The molecule has 1 aromatic heterocycles. The van der Waals surface area contributed by atoms with Crippen LogP contribution in [0.3, 0.4) is 0 Å². The highest BCUT2D eigenvalue weighted by Gasteiger charge is 2.19. The summed E-state index contributed by atoms with van der Waals surface area (Å²) >= 11 is 1.85. The SMILES string of the molecule is O[C@H]1CCC[C@@H](NCc2ccc(-c3ccccc3)s2)C1. The van der Waals surface area contributed by atoms with Gasteiger partial charge in [0, 0.05) is 22.3 Å². The second-order valence-corrected chi connectivity index (χ2v) is 6.70. The third-order valence-corrected chi connectivity index (χ3v) is 5.07. The Morgan fingerprint density at radius 2 is 1.95 bits per heavy atom. The van der Waals surface area contributed by atoms with Crippen LogP contribution in [-0.2, 0) is 6.54 Å². The number of thiophene rings is 1. The van der Waals surface area contributed by atoms with Gasteiger partial charge in [-0.2, -0.15) is 0 Å². The van der Waals surface area contributed by atoms with Gasteiger partial charge in [-0.05, 0) is 43.4 Å². The molecule has 0 unspecified atom stereocenters. The van der Waals surface area contributed by atoms with E-state index in [1.807, 2.05) is 17.4 Å². The first-order valence-corrected chi connectivity index (χ1v) is 8.18. The van der Waals surface area contributed by atoms with Crippen LogP contribution in [-0.4, -0.2) is 17.3 Å². The molecule has 1 aliphatic carbocycles. The summed E-state index contributed by atoms with van der Waals surface area (Å²) in [7, 11) is 0. The Morgan fingerprint density at radius 3 is 2.75 bits per heavy atom. The van der Waals surface area contributed by atoms with Crippen molar-refractivity contribution >= 4 is 11.3 Å². The van der Waals surface area contributed by atoms with E-state index in [4.69, 9.17) is 0 Å². The summed E-state index contributed by atoms with van der Waals surface area (Å²) in [6.07, 6.45) is 4.09. The second kappa shape index (κ2) is 6.53. The Kier molecular flexibility index (Phi) is 4.51. The molecule has 3 rings (SSSR count). The summed E-state index contributed by atoms with van der Waals surface area (Å²) in [5, 5.41) is 13.3. The minimum absolute atomic E-state index is 0.107. The molecule has 0 saturated heterocycles. The summed E-state index contributed by atoms with van der Waals surface area (Å²) in [6.45, 7) is 0.912. The minimum atomic E-state index is -0.107. The topological polar surface area (TPSA) is 32.3 Å². The average Bonchev–Trinajstić information content (AvgIpc) is 2.95. The average molecular weight is 287 g/mol. The molecule has 20 heavy (non-hydrogen) atoms. The molecule has 1 aromatic carbocycles. The number of rotatable bonds is 4. The normalized spacial score (nSPS) is 22.9. The monoisotopic (exact) mass is 287 g/mol. The molecular weight excluding hydrogens is 266 g/mol. The van der Waals surface area contributed by atoms with E-state index in [9.17, 15) is 5.11 Å². The lowest BCUT2D eigenvalue weighted by Crippen LogP contribution is -2.35. The van der Waals surface area contributed by atoms with E-state index >= 15 is 0 Å². The van der Waals surface area contributed by atoms with Crippen LogP contribution in [0.2, 0.25) is 0 Å². The highest BCUT2D eigenvalue weighted by molar-refractivity contribution is 7.15. The molecule has 1 heterocycles. The van der Waals surface area contributed by atoms with Gasteiger partial charge in [0.05, 0.1) is 6.10 Å². The van der Waals surface area contributed by atoms with Gasteiger partial charge in [0.2, 0.25) is 0 Å². The molecule has 2 aromatic rings. The molecule has 2 atom stereocenters. The van der Waals surface area contributed by atoms with Crippen molar-refractivity contribution in [1.29, 1.82) is 0 Å². The van der Waals surface area contributed by atoms with Crippen LogP contribution >= 0.6 is 11.3 Å². The predicted molar refractivity (Wildman–Crippen MR) is 84.9 cm³/mol. The van der Waals surface area contributed by atoms with E-state index < -0.39 is 0 Å². The maximum Gasteiger partial charge on any atom is 0.0555 e. The maximum absolute atomic E-state index is 9.69. The molecule has 0 spiro atoms. The van der Waals surface area contributed by atoms with Gasteiger partial charge >= 0.3 is 0 Å². The van der Waals surface area contributed by atoms with E-state index in [-0.39, 0.29) is 6.10 Å². The first kappa shape index (κ1) is 13.8. The molecule has 0 amide bonds. The van der Waals surface area contributed by atoms with Gasteiger partial charge in [0.15, 0.2) is 0 Å². The molecule has 2 nitrogen and oxygen atoms in total. The van der Waals surface area contributed by atoms with Gasteiger partial charge in [0.25, 0.3) is 0 Å². The zero-order valence-electron chi connectivity index (χ0n) is 11.6. The van der Waals surface area contributed by atoms with E-state index in [0.29, 0.717) is 6.04 Å². The van der Waals surface area contributed by atoms with Gasteiger partial charge in [-0.15, -0.1) is 11.3 Å². The zero-order valence-corrected chi connectivity index (χ0v) is 12.4. The van der Waals surface area contributed by atoms with Crippen molar-refractivity contribution in [1.82, 2.24) is 5.32 Å². The van der Waals surface area contributed by atoms with Crippen LogP contribution in [0, 0.1) is 0 Å². The van der Waals surface area contributed by atoms with Crippen molar-refractivity contribution in [3.05, 3.63) is 47.3 Å². The minimum Gasteiger partial charge on any atom is -0.393 e. The molecule has 0 aliphatic heterocycles. The van der Waals surface area contributed by atoms with Gasteiger partial charge in [-0.1, -0.05) is 30.3 Å². The Balaban J connectivity index is 1.58. The Labute approximate surface area is 124 Å². The fraction of sp³-hybridized carbons (Fsp3) is 0.412. The van der Waals surface area contributed by atoms with E-state index in [1.165, 1.54) is 21.7 Å². The number of aliphatic hydroxyl groups excluding tert-OH is 1. The molecule has 106 valence electrons. The summed E-state index contributed by atoms with van der Waals surface area (Å²) in [4.78, 5) is 2.69. The van der Waals surface area contributed by atoms with Crippen LogP contribution < -0.4 is 5.32 Å². The fourth-order valence-electron chi connectivity index (χ4n) is 2.82. The molecule has 1 aliphatic rings. The lowest BCUT2D eigenvalue weighted by molar-refractivity contribution is 0.111. The summed E-state index contributed by atoms with van der Waals surface area (Å²) < 4.78 is 0. The van der Waals surface area contributed by atoms with Crippen molar-refractivity contribution in [2.24, 2.45) is 0 Å². The molecular formula is C17H21NOS. The number of hydrogen-bond acceptors (Lipinski definition) is 3. The van der Waals surface area contributed by atoms with E-state index in [2.05, 4.69) is 41.7 Å². The molecule has 1 saturated carbocycles. The number of aliphatic hydroxyl groups is 1. The highest BCUT2D eigenvalue weighted by atomic mass is 32.1. The Morgan fingerprint density at radius 1 is 1.10 bits per heavy atom. The highest BCUT2D eigenvalue weighted by Crippen LogP contribution is 2.28. The third-order valence-electron chi connectivity index (χ3n) is 3.93. The summed E-state index contributed by atoms with van der Waals surface area (Å²) in [6, 6.07) is 15.4. The van der Waals surface area contributed by atoms with Crippen LogP contribution in [0.15, 0.2) is 42.5 Å². The third kappa shape index (κ3) is 3.48. The molecule has 2 N–H and O–H groups in total. The lowest BCUT2D eigenvalue weighted by atomic mass is 9.93. The van der Waals surface area contributed by atoms with Gasteiger partial charge in [-0.3, -0.25) is 0 Å². The van der Waals surface area contributed by atoms with Crippen molar-refractivity contribution in [3.63, 3.8) is 0 Å². The Bertz CT molecular complexity index is 537. The summed E-state index contributed by atoms with van der Waals surface area (Å²) in [5.74, 6) is 0. The van der Waals surface area contributed by atoms with E-state index in [1.54, 1.807) is 0 Å². The molecule has 0 radical (unpaired) electrons. The first-order valence-electron chi connectivity index (χ1n) is 7.37. The zero-order chi connectivity index (χ0) is 13.8. The second-order valence-electron chi connectivity index (χ2n) is 5.53. The van der Waals surface area contributed by atoms with Crippen LogP contribution in [0.5, 0.6) is 0 Å². The predicted octanol–water partition coefficient (Wildman–Crippen LogP) is 3.81. The van der Waals surface area contributed by atoms with Gasteiger partial charge < -0.3 is 10.4 Å². The van der Waals surface area contributed by atoms with Crippen molar-refractivity contribution in [2.45, 2.75) is 44.4 Å². The van der Waals surface area contributed by atoms with Gasteiger partial charge in [-0.25, -0.2) is 0 Å². The standard InChI is InChI=1S/C17H21NOS/c19-15-8-4-7-14(11-15)18-12-16-9-10-17(20-16)13-5-2-1-3-6-13/h1-3,5-6,9-10,14-15,18-19H,4,7-8,11-12H2/t14-,15+/m1/s1. The summed E-state index contributed by atoms with van der Waals surface area (Å²) in [5.41, 5.74) is 1.29. The van der Waals surface area contributed by atoms with Crippen LogP contribution in [0.25, 0.3) is 10.4 Å². The van der Waals surface area contributed by atoms with Gasteiger partial charge in [0.1, 0.15) is 0 Å². The quantitative estimate of drug-likeness (QED) is 0.896. The van der Waals surface area contributed by atoms with Crippen molar-refractivity contribution in [3.8, 4) is 10.4 Å². The van der Waals surface area contributed by atoms with Crippen molar-refractivity contribution in [2.75, 3.05) is 0 Å². The Hall–Kier alpha value is -1.16.